The molecule has 17 nitrogen and oxygen atoms in total. The largest absolute Gasteiger partial charge is 0.472 e. The summed E-state index contributed by atoms with van der Waals surface area (Å²) in [6.45, 7) is 9.57. The van der Waals surface area contributed by atoms with Crippen molar-refractivity contribution in [2.45, 2.75) is 432 Å². The third kappa shape index (κ3) is 72.4. The van der Waals surface area contributed by atoms with Crippen molar-refractivity contribution >= 4 is 39.5 Å². The molecule has 0 saturated heterocycles. The van der Waals surface area contributed by atoms with E-state index in [1.165, 1.54) is 225 Å². The summed E-state index contributed by atoms with van der Waals surface area (Å²) < 4.78 is 68.6. The molecule has 0 aliphatic heterocycles. The van der Waals surface area contributed by atoms with Gasteiger partial charge in [0.15, 0.2) is 12.2 Å². The Balaban J connectivity index is 5.23. The number of ether oxygens (including phenoxy) is 4. The molecule has 19 heteroatoms. The fourth-order valence-electron chi connectivity index (χ4n) is 12.2. The number of esters is 4. The molecule has 0 radical (unpaired) electrons. The number of hydrogen-bond acceptors (Lipinski definition) is 15. The number of carbonyl (C=O) groups is 4. The van der Waals surface area contributed by atoms with E-state index in [-0.39, 0.29) is 25.7 Å². The van der Waals surface area contributed by atoms with E-state index in [2.05, 4.69) is 41.5 Å². The topological polar surface area (TPSA) is 237 Å². The van der Waals surface area contributed by atoms with E-state index in [0.29, 0.717) is 31.6 Å². The lowest BCUT2D eigenvalue weighted by Gasteiger charge is -2.21. The van der Waals surface area contributed by atoms with Gasteiger partial charge in [-0.1, -0.05) is 363 Å². The van der Waals surface area contributed by atoms with Gasteiger partial charge >= 0.3 is 39.5 Å². The van der Waals surface area contributed by atoms with Gasteiger partial charge < -0.3 is 33.8 Å². The van der Waals surface area contributed by atoms with Crippen LogP contribution in [0, 0.1) is 11.8 Å². The zero-order chi connectivity index (χ0) is 72.1. The van der Waals surface area contributed by atoms with Crippen molar-refractivity contribution in [1.29, 1.82) is 0 Å². The van der Waals surface area contributed by atoms with Gasteiger partial charge in [-0.3, -0.25) is 37.3 Å². The van der Waals surface area contributed by atoms with Crippen LogP contribution in [-0.2, 0) is 65.4 Å². The van der Waals surface area contributed by atoms with Gasteiger partial charge in [-0.2, -0.15) is 0 Å². The molecule has 582 valence electrons. The van der Waals surface area contributed by atoms with Crippen molar-refractivity contribution in [2.24, 2.45) is 11.8 Å². The van der Waals surface area contributed by atoms with Crippen LogP contribution in [0.3, 0.4) is 0 Å². The summed E-state index contributed by atoms with van der Waals surface area (Å²) in [5.74, 6) is -0.630. The van der Waals surface area contributed by atoms with Gasteiger partial charge in [-0.25, -0.2) is 9.13 Å². The molecule has 0 heterocycles. The molecule has 0 fully saturated rings. The SMILES string of the molecule is CCCCCCCCCCCCCCCCCCCC(=O)OC[C@H](COP(=O)(O)OC[C@@H](O)COP(=O)(O)OC[C@@H](COC(=O)CCCCCCCCC(C)C)OC(=O)CCCCCCCCCCCCCCCC)OC(=O)CCCCCCCCCCCCCCCCCC(C)C. The average molecular weight is 1440 g/mol. The lowest BCUT2D eigenvalue weighted by atomic mass is 10.0. The van der Waals surface area contributed by atoms with Crippen molar-refractivity contribution in [3.05, 3.63) is 0 Å². The van der Waals surface area contributed by atoms with Crippen LogP contribution < -0.4 is 0 Å². The van der Waals surface area contributed by atoms with Crippen LogP contribution in [0.25, 0.3) is 0 Å². The summed E-state index contributed by atoms with van der Waals surface area (Å²) in [5, 5.41) is 10.6. The van der Waals surface area contributed by atoms with Crippen molar-refractivity contribution in [1.82, 2.24) is 0 Å². The molecule has 0 amide bonds. The Morgan fingerprint density at radius 3 is 0.694 bits per heavy atom. The van der Waals surface area contributed by atoms with Gasteiger partial charge in [0.1, 0.15) is 19.3 Å². The number of rotatable bonds is 78. The maximum absolute atomic E-state index is 13.1. The second-order valence-electron chi connectivity index (χ2n) is 29.4. The average Bonchev–Trinajstić information content (AvgIpc) is 0.955. The summed E-state index contributed by atoms with van der Waals surface area (Å²) >= 11 is 0. The van der Waals surface area contributed by atoms with E-state index < -0.39 is 97.5 Å². The molecule has 3 N–H and O–H groups in total. The maximum Gasteiger partial charge on any atom is 0.472 e. The minimum absolute atomic E-state index is 0.107. The van der Waals surface area contributed by atoms with E-state index in [1.54, 1.807) is 0 Å². The lowest BCUT2D eigenvalue weighted by molar-refractivity contribution is -0.161. The number of aliphatic hydroxyl groups excluding tert-OH is 1. The first kappa shape index (κ1) is 96.1. The van der Waals surface area contributed by atoms with Crippen LogP contribution in [-0.4, -0.2) is 96.7 Å². The van der Waals surface area contributed by atoms with Gasteiger partial charge in [0.05, 0.1) is 26.4 Å². The van der Waals surface area contributed by atoms with Gasteiger partial charge in [-0.15, -0.1) is 0 Å². The molecule has 0 aliphatic rings. The second kappa shape index (κ2) is 70.7. The number of aliphatic hydroxyl groups is 1. The number of unbranched alkanes of at least 4 members (excludes halogenated alkanes) is 48. The van der Waals surface area contributed by atoms with Crippen LogP contribution in [0.1, 0.15) is 414 Å². The molecule has 0 aromatic carbocycles. The Hall–Kier alpha value is -1.94. The predicted octanol–water partition coefficient (Wildman–Crippen LogP) is 23.5. The quantitative estimate of drug-likeness (QED) is 0.0222. The van der Waals surface area contributed by atoms with Crippen molar-refractivity contribution < 1.29 is 80.2 Å². The van der Waals surface area contributed by atoms with Gasteiger partial charge in [0, 0.05) is 25.7 Å². The molecular weight excluding hydrogens is 1280 g/mol. The Labute approximate surface area is 600 Å². The molecule has 0 aromatic heterocycles. The molecule has 0 bridgehead atoms. The molecule has 0 rings (SSSR count). The summed E-state index contributed by atoms with van der Waals surface area (Å²) in [4.78, 5) is 72.9. The highest BCUT2D eigenvalue weighted by Crippen LogP contribution is 2.45. The van der Waals surface area contributed by atoms with E-state index in [4.69, 9.17) is 37.0 Å². The third-order valence-corrected chi connectivity index (χ3v) is 20.4. The summed E-state index contributed by atoms with van der Waals surface area (Å²) in [6, 6.07) is 0. The molecule has 2 unspecified atom stereocenters. The molecule has 0 spiro atoms. The zero-order valence-electron chi connectivity index (χ0n) is 64.1. The molecule has 0 aromatic rings. The monoisotopic (exact) mass is 1440 g/mol. The van der Waals surface area contributed by atoms with Crippen molar-refractivity contribution in [3.8, 4) is 0 Å². The summed E-state index contributed by atoms with van der Waals surface area (Å²) in [6.07, 6.45) is 59.8. The van der Waals surface area contributed by atoms with Crippen LogP contribution in [0.5, 0.6) is 0 Å². The number of phosphoric acid groups is 2. The predicted molar refractivity (Wildman–Crippen MR) is 400 cm³/mol. The van der Waals surface area contributed by atoms with Gasteiger partial charge in [0.2, 0.25) is 0 Å². The number of carbonyl (C=O) groups excluding carboxylic acids is 4. The highest BCUT2D eigenvalue weighted by molar-refractivity contribution is 7.47. The number of phosphoric ester groups is 2. The maximum atomic E-state index is 13.1. The summed E-state index contributed by atoms with van der Waals surface area (Å²) in [5.41, 5.74) is 0. The highest BCUT2D eigenvalue weighted by Gasteiger charge is 2.30. The van der Waals surface area contributed by atoms with Crippen LogP contribution >= 0.6 is 15.6 Å². The fraction of sp³-hybridized carbons (Fsp3) is 0.949. The van der Waals surface area contributed by atoms with E-state index in [1.807, 2.05) is 0 Å². The molecule has 98 heavy (non-hydrogen) atoms. The highest BCUT2D eigenvalue weighted by atomic mass is 31.2. The van der Waals surface area contributed by atoms with E-state index in [9.17, 15) is 43.2 Å². The van der Waals surface area contributed by atoms with Crippen LogP contribution in [0.4, 0.5) is 0 Å². The molecular formula is C79H154O17P2. The molecule has 0 saturated carbocycles. The smallest absolute Gasteiger partial charge is 0.462 e. The molecule has 5 atom stereocenters. The summed E-state index contributed by atoms with van der Waals surface area (Å²) in [7, 11) is -9.92. The zero-order valence-corrected chi connectivity index (χ0v) is 65.9. The third-order valence-electron chi connectivity index (χ3n) is 18.5. The van der Waals surface area contributed by atoms with Gasteiger partial charge in [0.25, 0.3) is 0 Å². The van der Waals surface area contributed by atoms with Crippen LogP contribution in [0.2, 0.25) is 0 Å². The normalized spacial score (nSPS) is 13.9. The Morgan fingerprint density at radius 2 is 0.469 bits per heavy atom. The standard InChI is InChI=1S/C79H154O17P2/c1-7-9-11-13-15-17-19-21-23-24-27-31-34-38-42-49-55-61-76(81)89-67-74(95-78(83)64-58-52-44-40-36-32-28-25-26-29-33-37-41-47-53-59-71(3)4)69-93-97(85,86)91-65-73(80)66-92-98(87,88)94-70-75(68-90-77(82)62-56-50-46-45-48-54-60-72(5)6)96-79(84)63-57-51-43-39-35-30-22-20-18-16-14-12-10-8-2/h71-75,80H,7-70H2,1-6H3,(H,85,86)(H,87,88)/t73-,74-,75-/m1/s1. The minimum atomic E-state index is -4.96. The Bertz CT molecular complexity index is 1890. The first-order valence-electron chi connectivity index (χ1n) is 41.0. The lowest BCUT2D eigenvalue weighted by Crippen LogP contribution is -2.30. The first-order chi connectivity index (χ1) is 47.4. The van der Waals surface area contributed by atoms with E-state index in [0.717, 1.165) is 102 Å². The molecule has 0 aliphatic carbocycles. The number of hydrogen-bond donors (Lipinski definition) is 3. The first-order valence-corrected chi connectivity index (χ1v) is 44.0. The van der Waals surface area contributed by atoms with Crippen molar-refractivity contribution in [2.75, 3.05) is 39.6 Å². The second-order valence-corrected chi connectivity index (χ2v) is 32.3. The Morgan fingerprint density at radius 1 is 0.276 bits per heavy atom. The van der Waals surface area contributed by atoms with Crippen LogP contribution in [0.15, 0.2) is 0 Å². The Kier molecular flexibility index (Phi) is 69.3. The fourth-order valence-corrected chi connectivity index (χ4v) is 13.8. The van der Waals surface area contributed by atoms with Crippen molar-refractivity contribution in [3.63, 3.8) is 0 Å². The van der Waals surface area contributed by atoms with E-state index >= 15 is 0 Å². The minimum Gasteiger partial charge on any atom is -0.462 e. The van der Waals surface area contributed by atoms with Gasteiger partial charge in [-0.05, 0) is 37.5 Å².